The third kappa shape index (κ3) is 16.3. The van der Waals surface area contributed by atoms with Gasteiger partial charge in [0, 0.05) is 54.9 Å². The molecule has 8 aromatic rings. The molecule has 0 bridgehead atoms. The smallest absolute Gasteiger partial charge is 0.417 e. The molecule has 2 aliphatic rings. The van der Waals surface area contributed by atoms with Crippen molar-refractivity contribution in [1.29, 1.82) is 0 Å². The van der Waals surface area contributed by atoms with Crippen molar-refractivity contribution >= 4 is 117 Å². The first kappa shape index (κ1) is 62.7. The van der Waals surface area contributed by atoms with Gasteiger partial charge in [0.1, 0.15) is 27.8 Å². The van der Waals surface area contributed by atoms with E-state index in [0.717, 1.165) is 99.3 Å². The van der Waals surface area contributed by atoms with Crippen LogP contribution in [0.1, 0.15) is 138 Å². The maximum absolute atomic E-state index is 13.1. The van der Waals surface area contributed by atoms with Crippen molar-refractivity contribution in [3.63, 3.8) is 0 Å². The van der Waals surface area contributed by atoms with Crippen molar-refractivity contribution in [2.45, 2.75) is 122 Å². The minimum atomic E-state index is -4.63. The molecule has 10 rings (SSSR count). The summed E-state index contributed by atoms with van der Waals surface area (Å²) in [7, 11) is 2.21. The van der Waals surface area contributed by atoms with Crippen molar-refractivity contribution in [2.75, 3.05) is 24.9 Å². The maximum atomic E-state index is 13.1. The molecule has 12 nitrogen and oxygen atoms in total. The van der Waals surface area contributed by atoms with E-state index in [2.05, 4.69) is 82.1 Å². The molecule has 2 fully saturated rings. The van der Waals surface area contributed by atoms with Crippen molar-refractivity contribution in [1.82, 2.24) is 29.9 Å². The van der Waals surface area contributed by atoms with Crippen molar-refractivity contribution in [2.24, 2.45) is 0 Å². The molecule has 0 aliphatic heterocycles. The number of nitrogens with zero attached hydrogens (tertiary/aromatic N) is 6. The number of hydrogen-bond acceptors (Lipinski definition) is 16. The first-order chi connectivity index (χ1) is 39.4. The first-order valence-electron chi connectivity index (χ1n) is 26.9. The number of methoxy groups -OCH3 is 2. The van der Waals surface area contributed by atoms with Crippen LogP contribution in [0, 0.1) is 0 Å². The number of alkyl halides is 6. The summed E-state index contributed by atoms with van der Waals surface area (Å²) < 4.78 is 95.0. The van der Waals surface area contributed by atoms with Gasteiger partial charge >= 0.3 is 146 Å². The van der Waals surface area contributed by atoms with Gasteiger partial charge in [-0.15, -0.1) is 34.0 Å². The van der Waals surface area contributed by atoms with Crippen LogP contribution in [-0.4, -0.2) is 74.4 Å². The summed E-state index contributed by atoms with van der Waals surface area (Å²) in [5.74, 6) is -1.10. The topological polar surface area (TPSA) is 154 Å². The van der Waals surface area contributed by atoms with E-state index in [1.54, 1.807) is 33.9 Å². The van der Waals surface area contributed by atoms with Gasteiger partial charge < -0.3 is 20.1 Å². The number of hydrogen-bond donors (Lipinski definition) is 2. The molecule has 0 radical (unpaired) electrons. The van der Waals surface area contributed by atoms with Crippen LogP contribution >= 0.6 is 61.3 Å². The standard InChI is InChI=1S/C23H17F3N4O2S2.C20H15BrF3N3O2S.3C4H9.C3H2NS.Sn/c1-32-21(31)16-10-15(23(24,25)26)11-28-19(16)30-22-29-17(18(34-22)13-4-5-13)12-2-6-14(7-3-12)20-27-8-9-33-20;1-29-18(28)14-8-12(20(22,23)24)9-25-17(14)27-19-26-15(16(30-19)11-2-3-11)10-4-6-13(21)7-5-10;3*1-3-4-2;1-2-5-3-4-1;/h2-3,6-11,13H,4-5H2,1H3,(H,28,29,30);4-9,11H,2-3H2,1H3,(H,25,26,27);3*1,3-4H2,2H3;1-2H;. The molecule has 24 heteroatoms. The summed E-state index contributed by atoms with van der Waals surface area (Å²) in [5.41, 5.74) is 1.85. The van der Waals surface area contributed by atoms with E-state index in [-0.39, 0.29) is 22.8 Å². The fraction of sp³-hybridized carbons (Fsp3) is 0.379. The summed E-state index contributed by atoms with van der Waals surface area (Å²) in [6.07, 6.45) is 8.50. The third-order valence-electron chi connectivity index (χ3n) is 13.8. The Balaban J connectivity index is 0.000000169. The number of carbonyl (C=O) groups excluding carboxylic acids is 2. The molecule has 6 heterocycles. The zero-order chi connectivity index (χ0) is 58.6. The van der Waals surface area contributed by atoms with Gasteiger partial charge in [0.25, 0.3) is 0 Å². The Morgan fingerprint density at radius 1 is 0.610 bits per heavy atom. The monoisotopic (exact) mass is 1370 g/mol. The van der Waals surface area contributed by atoms with E-state index < -0.39 is 53.8 Å². The van der Waals surface area contributed by atoms with Crippen molar-refractivity contribution in [3.8, 4) is 33.1 Å². The number of benzene rings is 2. The second-order valence-corrected chi connectivity index (χ2v) is 38.6. The zero-order valence-corrected chi connectivity index (χ0v) is 53.4. The molecule has 2 N–H and O–H groups in total. The Hall–Kier alpha value is -5.34. The SMILES string of the molecule is CCC[CH2][Sn]([CH2]CCC)([CH2]CCC)[c]1nccs1.COC(=O)c1cc(C(F)(F)F)cnc1Nc1nc(-c2ccc(-c3nccs3)cc2)c(C2CC2)s1.COC(=O)c1cc(C(F)(F)F)cnc1Nc1nc(-c2ccc(Br)cc2)c(C2CC2)s1. The average molecular weight is 1380 g/mol. The van der Waals surface area contributed by atoms with E-state index in [1.165, 1.54) is 61.2 Å². The summed E-state index contributed by atoms with van der Waals surface area (Å²) in [5, 5.41) is 11.8. The molecule has 2 aromatic carbocycles. The van der Waals surface area contributed by atoms with Gasteiger partial charge in [0.15, 0.2) is 10.3 Å². The Morgan fingerprint density at radius 2 is 1.02 bits per heavy atom. The number of thiazole rings is 4. The molecular formula is C58H61BrF6N8O4S4Sn. The summed E-state index contributed by atoms with van der Waals surface area (Å²) in [6.45, 7) is 6.99. The number of halogens is 7. The summed E-state index contributed by atoms with van der Waals surface area (Å²) in [4.78, 5) is 52.5. The van der Waals surface area contributed by atoms with Crippen LogP contribution in [0.5, 0.6) is 0 Å². The van der Waals surface area contributed by atoms with Gasteiger partial charge in [-0.1, -0.05) is 52.3 Å². The van der Waals surface area contributed by atoms with E-state index in [1.807, 2.05) is 71.4 Å². The van der Waals surface area contributed by atoms with Crippen LogP contribution < -0.4 is 13.7 Å². The van der Waals surface area contributed by atoms with Crippen LogP contribution in [-0.2, 0) is 21.8 Å². The van der Waals surface area contributed by atoms with Gasteiger partial charge in [0.05, 0.1) is 36.7 Å². The number of esters is 2. The second kappa shape index (κ2) is 28.5. The predicted octanol–water partition coefficient (Wildman–Crippen LogP) is 18.3. The van der Waals surface area contributed by atoms with E-state index in [0.29, 0.717) is 34.5 Å². The van der Waals surface area contributed by atoms with Crippen LogP contribution in [0.15, 0.2) is 101 Å². The third-order valence-corrected chi connectivity index (χ3v) is 36.1. The molecule has 82 heavy (non-hydrogen) atoms. The quantitative estimate of drug-likeness (QED) is 0.0400. The molecule has 434 valence electrons. The van der Waals surface area contributed by atoms with Crippen LogP contribution in [0.3, 0.4) is 0 Å². The second-order valence-electron chi connectivity index (χ2n) is 19.8. The number of unbranched alkanes of at least 4 members (excludes halogenated alkanes) is 3. The maximum Gasteiger partial charge on any atom is 0.417 e. The average Bonchev–Trinajstić information content (AvgIpc) is 4.23. The Kier molecular flexibility index (Phi) is 21.8. The van der Waals surface area contributed by atoms with Crippen molar-refractivity contribution < 1.29 is 45.4 Å². The molecule has 0 unspecified atom stereocenters. The number of pyridine rings is 2. The molecule has 2 aliphatic carbocycles. The van der Waals surface area contributed by atoms with Gasteiger partial charge in [-0.05, 0) is 61.8 Å². The number of carbonyl (C=O) groups is 2. The Morgan fingerprint density at radius 3 is 1.39 bits per heavy atom. The van der Waals surface area contributed by atoms with E-state index in [9.17, 15) is 35.9 Å². The molecule has 2 saturated carbocycles. The molecule has 0 saturated heterocycles. The number of aromatic nitrogens is 6. The van der Waals surface area contributed by atoms with Crippen LogP contribution in [0.25, 0.3) is 33.1 Å². The minimum absolute atomic E-state index is 0.0340. The van der Waals surface area contributed by atoms with Gasteiger partial charge in [-0.2, -0.15) is 26.3 Å². The minimum Gasteiger partial charge on any atom is -0.465 e. The Bertz CT molecular complexity index is 3350. The van der Waals surface area contributed by atoms with Crippen LogP contribution in [0.4, 0.5) is 48.2 Å². The molecule has 0 amide bonds. The zero-order valence-electron chi connectivity index (χ0n) is 45.7. The number of nitrogens with one attached hydrogen (secondary N) is 2. The predicted molar refractivity (Wildman–Crippen MR) is 322 cm³/mol. The van der Waals surface area contributed by atoms with E-state index >= 15 is 0 Å². The number of anilines is 4. The summed E-state index contributed by atoms with van der Waals surface area (Å²) in [6, 6.07) is 17.1. The number of rotatable bonds is 21. The fourth-order valence-electron chi connectivity index (χ4n) is 9.07. The normalized spacial score (nSPS) is 13.4. The van der Waals surface area contributed by atoms with Gasteiger partial charge in [0.2, 0.25) is 0 Å². The van der Waals surface area contributed by atoms with Crippen LogP contribution in [0.2, 0.25) is 13.3 Å². The molecule has 0 atom stereocenters. The Labute approximate surface area is 501 Å². The van der Waals surface area contributed by atoms with E-state index in [4.69, 9.17) is 9.97 Å². The largest absolute Gasteiger partial charge is 0.465 e. The fourth-order valence-corrected chi connectivity index (χ4v) is 31.5. The van der Waals surface area contributed by atoms with Gasteiger partial charge in [-0.3, -0.25) is 0 Å². The number of ether oxygens (including phenoxy) is 2. The van der Waals surface area contributed by atoms with Crippen molar-refractivity contribution in [3.05, 3.63) is 133 Å². The molecule has 0 spiro atoms. The molecular weight excluding hydrogens is 1310 g/mol. The first-order valence-corrected chi connectivity index (χ1v) is 38.6. The molecule has 6 aromatic heterocycles. The summed E-state index contributed by atoms with van der Waals surface area (Å²) >= 11 is 7.64. The van der Waals surface area contributed by atoms with Gasteiger partial charge in [-0.25, -0.2) is 34.5 Å².